The molecule has 0 radical (unpaired) electrons. The summed E-state index contributed by atoms with van der Waals surface area (Å²) in [6.45, 7) is 5.42. The van der Waals surface area contributed by atoms with E-state index in [0.29, 0.717) is 16.9 Å². The Labute approximate surface area is 149 Å². The number of allylic oxidation sites excluding steroid dienone is 4. The SMILES string of the molecule is COc1ccc(C(=O)O/N=C2\C=C(C(C)C)C(=O)C=C2C)cc1[N+](=O)[O-]. The van der Waals surface area contributed by atoms with Crippen molar-refractivity contribution in [2.45, 2.75) is 20.8 Å². The highest BCUT2D eigenvalue weighted by atomic mass is 16.7. The van der Waals surface area contributed by atoms with E-state index in [1.807, 2.05) is 13.8 Å². The number of ketones is 1. The highest BCUT2D eigenvalue weighted by Crippen LogP contribution is 2.28. The smallest absolute Gasteiger partial charge is 0.366 e. The van der Waals surface area contributed by atoms with Crippen LogP contribution in [0, 0.1) is 16.0 Å². The van der Waals surface area contributed by atoms with Gasteiger partial charge in [0, 0.05) is 11.6 Å². The summed E-state index contributed by atoms with van der Waals surface area (Å²) < 4.78 is 4.89. The van der Waals surface area contributed by atoms with E-state index < -0.39 is 10.9 Å². The number of hydrogen-bond donors (Lipinski definition) is 0. The molecule has 0 atom stereocenters. The second-order valence-electron chi connectivity index (χ2n) is 5.94. The molecule has 0 N–H and O–H groups in total. The van der Waals surface area contributed by atoms with E-state index in [1.165, 1.54) is 25.3 Å². The maximum Gasteiger partial charge on any atom is 0.366 e. The van der Waals surface area contributed by atoms with Gasteiger partial charge < -0.3 is 9.57 Å². The van der Waals surface area contributed by atoms with Gasteiger partial charge in [-0.3, -0.25) is 14.9 Å². The zero-order valence-corrected chi connectivity index (χ0v) is 14.8. The summed E-state index contributed by atoms with van der Waals surface area (Å²) in [4.78, 5) is 39.4. The molecule has 8 heteroatoms. The van der Waals surface area contributed by atoms with Gasteiger partial charge in [-0.1, -0.05) is 19.0 Å². The molecule has 1 aliphatic carbocycles. The van der Waals surface area contributed by atoms with Gasteiger partial charge in [-0.15, -0.1) is 0 Å². The zero-order valence-electron chi connectivity index (χ0n) is 14.8. The first kappa shape index (κ1) is 19.0. The number of nitro groups is 1. The fraction of sp³-hybridized carbons (Fsp3) is 0.278. The van der Waals surface area contributed by atoms with E-state index in [1.54, 1.807) is 13.0 Å². The van der Waals surface area contributed by atoms with Gasteiger partial charge >= 0.3 is 11.7 Å². The van der Waals surface area contributed by atoms with Crippen LogP contribution in [0.15, 0.2) is 46.7 Å². The molecular formula is C18H18N2O6. The lowest BCUT2D eigenvalue weighted by Crippen LogP contribution is -2.16. The van der Waals surface area contributed by atoms with Gasteiger partial charge in [-0.05, 0) is 42.7 Å². The summed E-state index contributed by atoms with van der Waals surface area (Å²) in [6, 6.07) is 3.71. The Kier molecular flexibility index (Phi) is 5.66. The summed E-state index contributed by atoms with van der Waals surface area (Å²) in [5.74, 6) is -0.926. The predicted molar refractivity (Wildman–Crippen MR) is 94.2 cm³/mol. The van der Waals surface area contributed by atoms with Gasteiger partial charge in [0.1, 0.15) is 5.71 Å². The average Bonchev–Trinajstić information content (AvgIpc) is 2.59. The monoisotopic (exact) mass is 358 g/mol. The van der Waals surface area contributed by atoms with Crippen LogP contribution in [0.4, 0.5) is 5.69 Å². The number of methoxy groups -OCH3 is 1. The number of rotatable bonds is 5. The lowest BCUT2D eigenvalue weighted by molar-refractivity contribution is -0.385. The molecule has 8 nitrogen and oxygen atoms in total. The molecule has 0 aromatic heterocycles. The molecule has 0 amide bonds. The molecule has 0 saturated heterocycles. The maximum absolute atomic E-state index is 12.1. The third-order valence-corrected chi connectivity index (χ3v) is 3.79. The van der Waals surface area contributed by atoms with Gasteiger partial charge in [0.05, 0.1) is 17.6 Å². The summed E-state index contributed by atoms with van der Waals surface area (Å²) in [5, 5.41) is 14.8. The lowest BCUT2D eigenvalue weighted by atomic mass is 9.90. The van der Waals surface area contributed by atoms with E-state index >= 15 is 0 Å². The van der Waals surface area contributed by atoms with Gasteiger partial charge in [-0.25, -0.2) is 4.79 Å². The number of carbonyl (C=O) groups is 2. The molecule has 0 unspecified atom stereocenters. The fourth-order valence-corrected chi connectivity index (χ4v) is 2.34. The number of carbonyl (C=O) groups excluding carboxylic acids is 2. The van der Waals surface area contributed by atoms with Crippen LogP contribution < -0.4 is 4.74 Å². The van der Waals surface area contributed by atoms with E-state index in [9.17, 15) is 19.7 Å². The normalized spacial score (nSPS) is 15.6. The van der Waals surface area contributed by atoms with Crippen molar-refractivity contribution in [1.82, 2.24) is 0 Å². The molecule has 0 heterocycles. The van der Waals surface area contributed by atoms with Crippen molar-refractivity contribution in [3.8, 4) is 5.75 Å². The molecule has 0 bridgehead atoms. The summed E-state index contributed by atoms with van der Waals surface area (Å²) in [5.41, 5.74) is 1.09. The summed E-state index contributed by atoms with van der Waals surface area (Å²) in [6.07, 6.45) is 3.01. The molecule has 26 heavy (non-hydrogen) atoms. The third-order valence-electron chi connectivity index (χ3n) is 3.79. The highest BCUT2D eigenvalue weighted by molar-refractivity contribution is 6.21. The number of nitro benzene ring substituents is 1. The second-order valence-corrected chi connectivity index (χ2v) is 5.94. The molecule has 0 spiro atoms. The van der Waals surface area contributed by atoms with E-state index in [-0.39, 0.29) is 28.7 Å². The van der Waals surface area contributed by atoms with Gasteiger partial charge in [0.15, 0.2) is 11.5 Å². The van der Waals surface area contributed by atoms with Crippen LogP contribution in [-0.2, 0) is 9.63 Å². The van der Waals surface area contributed by atoms with Crippen molar-refractivity contribution < 1.29 is 24.1 Å². The van der Waals surface area contributed by atoms with Crippen LogP contribution in [-0.4, -0.2) is 29.5 Å². The molecule has 136 valence electrons. The summed E-state index contributed by atoms with van der Waals surface area (Å²) >= 11 is 0. The van der Waals surface area contributed by atoms with Gasteiger partial charge in [0.2, 0.25) is 0 Å². The fourth-order valence-electron chi connectivity index (χ4n) is 2.34. The van der Waals surface area contributed by atoms with Crippen molar-refractivity contribution in [2.75, 3.05) is 7.11 Å². The van der Waals surface area contributed by atoms with Crippen LogP contribution in [0.1, 0.15) is 31.1 Å². The first-order chi connectivity index (χ1) is 12.2. The number of benzene rings is 1. The predicted octanol–water partition coefficient (Wildman–Crippen LogP) is 3.23. The Hall–Kier alpha value is -3.29. The quantitative estimate of drug-likeness (QED) is 0.346. The molecule has 0 fully saturated rings. The van der Waals surface area contributed by atoms with Crippen molar-refractivity contribution >= 4 is 23.2 Å². The second kappa shape index (κ2) is 7.73. The van der Waals surface area contributed by atoms with Crippen LogP contribution in [0.3, 0.4) is 0 Å². The zero-order chi connectivity index (χ0) is 19.4. The summed E-state index contributed by atoms with van der Waals surface area (Å²) in [7, 11) is 1.30. The number of nitrogens with zero attached hydrogens (tertiary/aromatic N) is 2. The Morgan fingerprint density at radius 2 is 1.96 bits per heavy atom. The molecular weight excluding hydrogens is 340 g/mol. The van der Waals surface area contributed by atoms with Crippen molar-refractivity contribution in [2.24, 2.45) is 11.1 Å². The third kappa shape index (κ3) is 4.02. The van der Waals surface area contributed by atoms with Crippen LogP contribution in [0.25, 0.3) is 0 Å². The lowest BCUT2D eigenvalue weighted by Gasteiger charge is -2.14. The van der Waals surface area contributed by atoms with Crippen LogP contribution in [0.5, 0.6) is 5.75 Å². The molecule has 2 rings (SSSR count). The highest BCUT2D eigenvalue weighted by Gasteiger charge is 2.21. The van der Waals surface area contributed by atoms with Crippen molar-refractivity contribution in [3.05, 3.63) is 57.2 Å². The Morgan fingerprint density at radius 1 is 1.27 bits per heavy atom. The standard InChI is InChI=1S/C18H18N2O6/c1-10(2)13-9-14(11(3)7-16(13)21)19-26-18(22)12-5-6-17(25-4)15(8-12)20(23)24/h5-10H,1-4H3/b19-14+. The molecule has 1 aromatic carbocycles. The molecule has 0 aliphatic heterocycles. The van der Waals surface area contributed by atoms with Crippen LogP contribution >= 0.6 is 0 Å². The van der Waals surface area contributed by atoms with Crippen molar-refractivity contribution in [3.63, 3.8) is 0 Å². The topological polar surface area (TPSA) is 108 Å². The number of hydrogen-bond acceptors (Lipinski definition) is 7. The van der Waals surface area contributed by atoms with E-state index in [4.69, 9.17) is 9.57 Å². The minimum absolute atomic E-state index is 0.00279. The average molecular weight is 358 g/mol. The Bertz CT molecular complexity index is 864. The minimum atomic E-state index is -0.854. The Morgan fingerprint density at radius 3 is 2.54 bits per heavy atom. The largest absolute Gasteiger partial charge is 0.490 e. The van der Waals surface area contributed by atoms with Gasteiger partial charge in [0.25, 0.3) is 0 Å². The maximum atomic E-state index is 12.1. The minimum Gasteiger partial charge on any atom is -0.490 e. The first-order valence-electron chi connectivity index (χ1n) is 7.81. The van der Waals surface area contributed by atoms with Crippen LogP contribution in [0.2, 0.25) is 0 Å². The van der Waals surface area contributed by atoms with E-state index in [0.717, 1.165) is 6.07 Å². The van der Waals surface area contributed by atoms with E-state index in [2.05, 4.69) is 5.16 Å². The first-order valence-corrected chi connectivity index (χ1v) is 7.81. The molecule has 1 aromatic rings. The van der Waals surface area contributed by atoms with Crippen molar-refractivity contribution in [1.29, 1.82) is 0 Å². The molecule has 0 saturated carbocycles. The Balaban J connectivity index is 2.26. The van der Waals surface area contributed by atoms with Gasteiger partial charge in [-0.2, -0.15) is 0 Å². The molecule has 1 aliphatic rings. The number of ether oxygens (including phenoxy) is 1. The number of oxime groups is 1.